The molecule has 0 atom stereocenters. The van der Waals surface area contributed by atoms with E-state index in [0.717, 1.165) is 27.5 Å². The van der Waals surface area contributed by atoms with Crippen molar-refractivity contribution in [3.05, 3.63) is 131 Å². The van der Waals surface area contributed by atoms with Gasteiger partial charge in [0.25, 0.3) is 11.8 Å². The summed E-state index contributed by atoms with van der Waals surface area (Å²) in [6.45, 7) is 4.27. The number of benzene rings is 4. The normalized spacial score (nSPS) is 11.9. The Kier molecular flexibility index (Phi) is 8.81. The Morgan fingerprint density at radius 3 is 2.29 bits per heavy atom. The van der Waals surface area contributed by atoms with Gasteiger partial charge in [-0.2, -0.15) is 5.10 Å². The van der Waals surface area contributed by atoms with E-state index < -0.39 is 11.8 Å². The van der Waals surface area contributed by atoms with Crippen LogP contribution in [0.1, 0.15) is 35.3 Å². The van der Waals surface area contributed by atoms with Crippen LogP contribution in [0.25, 0.3) is 16.8 Å². The zero-order valence-corrected chi connectivity index (χ0v) is 21.3. The van der Waals surface area contributed by atoms with Gasteiger partial charge in [-0.1, -0.05) is 84.9 Å². The molecule has 0 aliphatic carbocycles. The third-order valence-corrected chi connectivity index (χ3v) is 5.68. The minimum Gasteiger partial charge on any atom is -0.493 e. The van der Waals surface area contributed by atoms with E-state index >= 15 is 0 Å². The molecule has 0 fully saturated rings. The molecule has 0 saturated heterocycles. The van der Waals surface area contributed by atoms with E-state index in [9.17, 15) is 9.59 Å². The SMILES string of the molecule is CCOc1ccc2ccccc2c1C=NNC(=O)C(=CC(C)=Cc1ccccc1)NC(=O)c1ccccc1. The lowest BCUT2D eigenvalue weighted by Gasteiger charge is -2.11. The topological polar surface area (TPSA) is 79.8 Å². The fourth-order valence-corrected chi connectivity index (χ4v) is 3.93. The van der Waals surface area contributed by atoms with Crippen molar-refractivity contribution < 1.29 is 14.3 Å². The molecule has 0 saturated carbocycles. The third kappa shape index (κ3) is 6.83. The molecule has 6 nitrogen and oxygen atoms in total. The summed E-state index contributed by atoms with van der Waals surface area (Å²) in [4.78, 5) is 26.0. The van der Waals surface area contributed by atoms with Crippen LogP contribution in [0.4, 0.5) is 0 Å². The standard InChI is InChI=1S/C32H29N3O3/c1-3-38-30-19-18-25-14-10-11-17-27(25)28(30)22-33-35-32(37)29(34-31(36)26-15-8-5-9-16-26)21-23(2)20-24-12-6-4-7-13-24/h4-22H,3H2,1-2H3,(H,34,36)(H,35,37). The molecular formula is C32H29N3O3. The molecule has 0 radical (unpaired) electrons. The molecule has 0 aromatic heterocycles. The monoisotopic (exact) mass is 503 g/mol. The van der Waals surface area contributed by atoms with E-state index in [1.165, 1.54) is 0 Å². The number of nitrogens with zero attached hydrogens (tertiary/aromatic N) is 1. The minimum absolute atomic E-state index is 0.0728. The summed E-state index contributed by atoms with van der Waals surface area (Å²) in [7, 11) is 0. The van der Waals surface area contributed by atoms with Gasteiger partial charge < -0.3 is 10.1 Å². The number of amides is 2. The van der Waals surface area contributed by atoms with Crippen molar-refractivity contribution in [2.24, 2.45) is 5.10 Å². The van der Waals surface area contributed by atoms with Crippen LogP contribution in [0, 0.1) is 0 Å². The third-order valence-electron chi connectivity index (χ3n) is 5.68. The Hall–Kier alpha value is -4.97. The first-order chi connectivity index (χ1) is 18.5. The first-order valence-electron chi connectivity index (χ1n) is 12.3. The van der Waals surface area contributed by atoms with E-state index in [0.29, 0.717) is 17.9 Å². The van der Waals surface area contributed by atoms with Gasteiger partial charge in [-0.15, -0.1) is 0 Å². The number of carbonyl (C=O) groups excluding carboxylic acids is 2. The Labute approximate surface area is 222 Å². The number of allylic oxidation sites excluding steroid dienone is 2. The number of carbonyl (C=O) groups is 2. The zero-order valence-electron chi connectivity index (χ0n) is 21.3. The van der Waals surface area contributed by atoms with Crippen molar-refractivity contribution >= 4 is 34.9 Å². The lowest BCUT2D eigenvalue weighted by atomic mass is 10.0. The van der Waals surface area contributed by atoms with E-state index in [1.54, 1.807) is 36.6 Å². The molecule has 2 N–H and O–H groups in total. The van der Waals surface area contributed by atoms with Crippen LogP contribution in [-0.2, 0) is 4.79 Å². The summed E-state index contributed by atoms with van der Waals surface area (Å²) in [5.74, 6) is -0.278. The van der Waals surface area contributed by atoms with Crippen molar-refractivity contribution in [1.82, 2.24) is 10.7 Å². The predicted octanol–water partition coefficient (Wildman–Crippen LogP) is 6.11. The number of fused-ring (bicyclic) bond motifs is 1. The van der Waals surface area contributed by atoms with Gasteiger partial charge in [-0.25, -0.2) is 5.43 Å². The van der Waals surface area contributed by atoms with E-state index in [2.05, 4.69) is 15.8 Å². The van der Waals surface area contributed by atoms with Gasteiger partial charge in [0.15, 0.2) is 0 Å². The van der Waals surface area contributed by atoms with Gasteiger partial charge in [-0.05, 0) is 60.0 Å². The number of rotatable bonds is 9. The van der Waals surface area contributed by atoms with Gasteiger partial charge in [0.2, 0.25) is 0 Å². The van der Waals surface area contributed by atoms with Crippen molar-refractivity contribution in [3.8, 4) is 5.75 Å². The molecule has 0 unspecified atom stereocenters. The second-order valence-electron chi connectivity index (χ2n) is 8.51. The molecule has 0 aliphatic heterocycles. The number of nitrogens with one attached hydrogen (secondary N) is 2. The number of hydrogen-bond acceptors (Lipinski definition) is 4. The highest BCUT2D eigenvalue weighted by Gasteiger charge is 2.14. The zero-order chi connectivity index (χ0) is 26.7. The lowest BCUT2D eigenvalue weighted by Crippen LogP contribution is -2.33. The van der Waals surface area contributed by atoms with Crippen molar-refractivity contribution in [2.45, 2.75) is 13.8 Å². The van der Waals surface area contributed by atoms with E-state index in [4.69, 9.17) is 4.74 Å². The van der Waals surface area contributed by atoms with Crippen LogP contribution in [0.5, 0.6) is 5.75 Å². The summed E-state index contributed by atoms with van der Waals surface area (Å²) < 4.78 is 5.78. The molecule has 4 aromatic carbocycles. The van der Waals surface area contributed by atoms with Crippen LogP contribution >= 0.6 is 0 Å². The molecule has 2 amide bonds. The Morgan fingerprint density at radius 1 is 0.868 bits per heavy atom. The van der Waals surface area contributed by atoms with Crippen LogP contribution in [0.3, 0.4) is 0 Å². The molecular weight excluding hydrogens is 474 g/mol. The number of ether oxygens (including phenoxy) is 1. The predicted molar refractivity (Wildman–Crippen MR) is 153 cm³/mol. The maximum atomic E-state index is 13.2. The molecule has 0 bridgehead atoms. The molecule has 4 rings (SSSR count). The quantitative estimate of drug-likeness (QED) is 0.125. The Bertz CT molecular complexity index is 1510. The Balaban J connectivity index is 1.61. The van der Waals surface area contributed by atoms with Gasteiger partial charge in [-0.3, -0.25) is 9.59 Å². The molecule has 0 spiro atoms. The summed E-state index contributed by atoms with van der Waals surface area (Å²) in [5, 5.41) is 8.92. The molecule has 4 aromatic rings. The average molecular weight is 504 g/mol. The molecule has 0 aliphatic rings. The number of hydrogen-bond donors (Lipinski definition) is 2. The van der Waals surface area contributed by atoms with Crippen LogP contribution in [-0.4, -0.2) is 24.6 Å². The molecule has 38 heavy (non-hydrogen) atoms. The highest BCUT2D eigenvalue weighted by molar-refractivity contribution is 6.05. The fourth-order valence-electron chi connectivity index (χ4n) is 3.93. The van der Waals surface area contributed by atoms with E-state index in [-0.39, 0.29) is 5.70 Å². The lowest BCUT2D eigenvalue weighted by molar-refractivity contribution is -0.117. The summed E-state index contributed by atoms with van der Waals surface area (Å²) in [5.41, 5.74) is 5.59. The smallest absolute Gasteiger partial charge is 0.287 e. The van der Waals surface area contributed by atoms with Crippen molar-refractivity contribution in [2.75, 3.05) is 6.61 Å². The number of hydrazone groups is 1. The van der Waals surface area contributed by atoms with Gasteiger partial charge in [0, 0.05) is 11.1 Å². The fraction of sp³-hybridized carbons (Fsp3) is 0.0938. The largest absolute Gasteiger partial charge is 0.493 e. The maximum Gasteiger partial charge on any atom is 0.287 e. The van der Waals surface area contributed by atoms with Crippen molar-refractivity contribution in [3.63, 3.8) is 0 Å². The maximum absolute atomic E-state index is 13.2. The molecule has 0 heterocycles. The Morgan fingerprint density at radius 2 is 1.55 bits per heavy atom. The average Bonchev–Trinajstić information content (AvgIpc) is 2.94. The summed E-state index contributed by atoms with van der Waals surface area (Å²) in [6, 6.07) is 30.2. The highest BCUT2D eigenvalue weighted by atomic mass is 16.5. The van der Waals surface area contributed by atoms with Gasteiger partial charge in [0.1, 0.15) is 11.4 Å². The highest BCUT2D eigenvalue weighted by Crippen LogP contribution is 2.26. The van der Waals surface area contributed by atoms with Crippen LogP contribution < -0.4 is 15.5 Å². The second-order valence-corrected chi connectivity index (χ2v) is 8.51. The second kappa shape index (κ2) is 12.8. The molecule has 6 heteroatoms. The van der Waals surface area contributed by atoms with Crippen LogP contribution in [0.15, 0.2) is 120 Å². The summed E-state index contributed by atoms with van der Waals surface area (Å²) in [6.07, 6.45) is 5.12. The minimum atomic E-state index is -0.551. The van der Waals surface area contributed by atoms with Crippen molar-refractivity contribution in [1.29, 1.82) is 0 Å². The van der Waals surface area contributed by atoms with E-state index in [1.807, 2.05) is 92.7 Å². The van der Waals surface area contributed by atoms with Gasteiger partial charge in [0.05, 0.1) is 12.8 Å². The van der Waals surface area contributed by atoms with Gasteiger partial charge >= 0.3 is 0 Å². The molecule has 190 valence electrons. The first-order valence-corrected chi connectivity index (χ1v) is 12.3. The first kappa shape index (κ1) is 26.1. The summed E-state index contributed by atoms with van der Waals surface area (Å²) >= 11 is 0. The van der Waals surface area contributed by atoms with Crippen LogP contribution in [0.2, 0.25) is 0 Å².